The van der Waals surface area contributed by atoms with Crippen molar-refractivity contribution in [3.8, 4) is 0 Å². The number of hydrogen-bond donors (Lipinski definition) is 1. The van der Waals surface area contributed by atoms with E-state index < -0.39 is 0 Å². The Morgan fingerprint density at radius 2 is 1.90 bits per heavy atom. The van der Waals surface area contributed by atoms with Gasteiger partial charge in [0, 0.05) is 23.5 Å². The highest BCUT2D eigenvalue weighted by Crippen LogP contribution is 2.28. The standard InChI is InChI=1S/C18H20N2O/c1-13-15(9-6-10-16(13)19)18(21)20-12-5-4-8-14-7-2-3-11-17(14)20/h2-3,6-7,9-11H,4-5,8,12,19H2,1H3. The van der Waals surface area contributed by atoms with E-state index in [0.717, 1.165) is 37.1 Å². The van der Waals surface area contributed by atoms with E-state index in [-0.39, 0.29) is 5.91 Å². The van der Waals surface area contributed by atoms with Crippen molar-refractivity contribution >= 4 is 17.3 Å². The molecule has 0 radical (unpaired) electrons. The molecular formula is C18H20N2O. The molecule has 1 heterocycles. The monoisotopic (exact) mass is 280 g/mol. The number of nitrogen functional groups attached to an aromatic ring is 1. The molecule has 1 aliphatic rings. The van der Waals surface area contributed by atoms with Gasteiger partial charge < -0.3 is 10.6 Å². The summed E-state index contributed by atoms with van der Waals surface area (Å²) in [7, 11) is 0. The van der Waals surface area contributed by atoms with Gasteiger partial charge in [0.25, 0.3) is 5.91 Å². The number of fused-ring (bicyclic) bond motifs is 1. The molecule has 0 aromatic heterocycles. The van der Waals surface area contributed by atoms with Crippen LogP contribution in [0.3, 0.4) is 0 Å². The zero-order valence-electron chi connectivity index (χ0n) is 12.3. The Bertz CT molecular complexity index is 679. The Kier molecular flexibility index (Phi) is 3.65. The van der Waals surface area contributed by atoms with Crippen molar-refractivity contribution in [1.29, 1.82) is 0 Å². The lowest BCUT2D eigenvalue weighted by Gasteiger charge is -2.24. The fourth-order valence-corrected chi connectivity index (χ4v) is 2.93. The molecular weight excluding hydrogens is 260 g/mol. The topological polar surface area (TPSA) is 46.3 Å². The summed E-state index contributed by atoms with van der Waals surface area (Å²) in [6.45, 7) is 2.68. The van der Waals surface area contributed by atoms with Crippen molar-refractivity contribution in [1.82, 2.24) is 0 Å². The third kappa shape index (κ3) is 2.51. The average molecular weight is 280 g/mol. The number of rotatable bonds is 1. The third-order valence-corrected chi connectivity index (χ3v) is 4.21. The number of anilines is 2. The molecule has 1 amide bonds. The Morgan fingerprint density at radius 3 is 2.76 bits per heavy atom. The van der Waals surface area contributed by atoms with Crippen LogP contribution in [0.5, 0.6) is 0 Å². The Labute approximate surface area is 125 Å². The molecule has 0 fully saturated rings. The molecule has 0 spiro atoms. The third-order valence-electron chi connectivity index (χ3n) is 4.21. The first-order chi connectivity index (χ1) is 10.2. The van der Waals surface area contributed by atoms with E-state index in [4.69, 9.17) is 5.73 Å². The van der Waals surface area contributed by atoms with Crippen LogP contribution in [0.1, 0.15) is 34.3 Å². The number of carbonyl (C=O) groups is 1. The summed E-state index contributed by atoms with van der Waals surface area (Å²) < 4.78 is 0. The lowest BCUT2D eigenvalue weighted by atomic mass is 10.0. The van der Waals surface area contributed by atoms with E-state index in [1.165, 1.54) is 5.56 Å². The van der Waals surface area contributed by atoms with Crippen molar-refractivity contribution in [3.63, 3.8) is 0 Å². The molecule has 2 aromatic carbocycles. The minimum absolute atomic E-state index is 0.0501. The SMILES string of the molecule is Cc1c(N)cccc1C(=O)N1CCCCc2ccccc21. The smallest absolute Gasteiger partial charge is 0.258 e. The van der Waals surface area contributed by atoms with Crippen LogP contribution in [-0.2, 0) is 6.42 Å². The molecule has 0 bridgehead atoms. The van der Waals surface area contributed by atoms with E-state index in [9.17, 15) is 4.79 Å². The second-order valence-electron chi connectivity index (χ2n) is 5.56. The summed E-state index contributed by atoms with van der Waals surface area (Å²) in [5.74, 6) is 0.0501. The van der Waals surface area contributed by atoms with Gasteiger partial charge in [-0.25, -0.2) is 0 Å². The highest BCUT2D eigenvalue weighted by molar-refractivity contribution is 6.08. The maximum atomic E-state index is 13.0. The van der Waals surface area contributed by atoms with Gasteiger partial charge in [0.1, 0.15) is 0 Å². The number of hydrogen-bond acceptors (Lipinski definition) is 2. The summed E-state index contributed by atoms with van der Waals surface area (Å²) >= 11 is 0. The van der Waals surface area contributed by atoms with Crippen LogP contribution in [0.25, 0.3) is 0 Å². The maximum absolute atomic E-state index is 13.0. The molecule has 108 valence electrons. The number of amides is 1. The van der Waals surface area contributed by atoms with Crippen molar-refractivity contribution in [2.24, 2.45) is 0 Å². The molecule has 0 unspecified atom stereocenters. The van der Waals surface area contributed by atoms with Crippen LogP contribution in [0.2, 0.25) is 0 Å². The number of nitrogens with zero attached hydrogens (tertiary/aromatic N) is 1. The zero-order chi connectivity index (χ0) is 14.8. The van der Waals surface area contributed by atoms with Gasteiger partial charge in [-0.1, -0.05) is 24.3 Å². The molecule has 0 atom stereocenters. The van der Waals surface area contributed by atoms with Crippen LogP contribution in [-0.4, -0.2) is 12.5 Å². The second kappa shape index (κ2) is 5.60. The van der Waals surface area contributed by atoms with E-state index >= 15 is 0 Å². The largest absolute Gasteiger partial charge is 0.398 e. The molecule has 21 heavy (non-hydrogen) atoms. The lowest BCUT2D eigenvalue weighted by Crippen LogP contribution is -2.32. The molecule has 0 saturated heterocycles. The number of benzene rings is 2. The molecule has 3 heteroatoms. The maximum Gasteiger partial charge on any atom is 0.258 e. The van der Waals surface area contributed by atoms with Crippen LogP contribution in [0.15, 0.2) is 42.5 Å². The first kappa shape index (κ1) is 13.7. The average Bonchev–Trinajstić information content (AvgIpc) is 2.72. The van der Waals surface area contributed by atoms with Gasteiger partial charge in [-0.2, -0.15) is 0 Å². The predicted octanol–water partition coefficient (Wildman–Crippen LogP) is 3.56. The van der Waals surface area contributed by atoms with Gasteiger partial charge in [-0.15, -0.1) is 0 Å². The Morgan fingerprint density at radius 1 is 1.10 bits per heavy atom. The van der Waals surface area contributed by atoms with E-state index in [1.807, 2.05) is 48.2 Å². The summed E-state index contributed by atoms with van der Waals surface area (Å²) in [5, 5.41) is 0. The summed E-state index contributed by atoms with van der Waals surface area (Å²) in [5.41, 5.74) is 10.5. The zero-order valence-corrected chi connectivity index (χ0v) is 12.3. The van der Waals surface area contributed by atoms with Crippen molar-refractivity contribution in [2.75, 3.05) is 17.2 Å². The first-order valence-corrected chi connectivity index (χ1v) is 7.43. The predicted molar refractivity (Wildman–Crippen MR) is 86.6 cm³/mol. The summed E-state index contributed by atoms with van der Waals surface area (Å²) in [6, 6.07) is 13.7. The molecule has 2 aromatic rings. The second-order valence-corrected chi connectivity index (χ2v) is 5.56. The summed E-state index contributed by atoms with van der Waals surface area (Å²) in [6.07, 6.45) is 3.19. The Balaban J connectivity index is 2.03. The van der Waals surface area contributed by atoms with E-state index in [1.54, 1.807) is 0 Å². The lowest BCUT2D eigenvalue weighted by molar-refractivity contribution is 0.0986. The molecule has 0 saturated carbocycles. The number of nitrogens with two attached hydrogens (primary N) is 1. The molecule has 1 aliphatic heterocycles. The van der Waals surface area contributed by atoms with Crippen molar-refractivity contribution in [3.05, 3.63) is 59.2 Å². The Hall–Kier alpha value is -2.29. The van der Waals surface area contributed by atoms with Gasteiger partial charge in [0.05, 0.1) is 0 Å². The van der Waals surface area contributed by atoms with Gasteiger partial charge >= 0.3 is 0 Å². The van der Waals surface area contributed by atoms with Crippen molar-refractivity contribution < 1.29 is 4.79 Å². The fraction of sp³-hybridized carbons (Fsp3) is 0.278. The number of aryl methyl sites for hydroxylation is 1. The molecule has 0 aliphatic carbocycles. The van der Waals surface area contributed by atoms with Gasteiger partial charge in [0.2, 0.25) is 0 Å². The van der Waals surface area contributed by atoms with E-state index in [2.05, 4.69) is 6.07 Å². The molecule has 2 N–H and O–H groups in total. The quantitative estimate of drug-likeness (QED) is 0.812. The van der Waals surface area contributed by atoms with Gasteiger partial charge in [-0.05, 0) is 55.5 Å². The van der Waals surface area contributed by atoms with Gasteiger partial charge in [0.15, 0.2) is 0 Å². The van der Waals surface area contributed by atoms with Gasteiger partial charge in [-0.3, -0.25) is 4.79 Å². The van der Waals surface area contributed by atoms with E-state index in [0.29, 0.717) is 11.3 Å². The first-order valence-electron chi connectivity index (χ1n) is 7.43. The highest BCUT2D eigenvalue weighted by Gasteiger charge is 2.23. The summed E-state index contributed by atoms with van der Waals surface area (Å²) in [4.78, 5) is 14.9. The number of para-hydroxylation sites is 1. The van der Waals surface area contributed by atoms with Crippen LogP contribution >= 0.6 is 0 Å². The minimum Gasteiger partial charge on any atom is -0.398 e. The van der Waals surface area contributed by atoms with Crippen LogP contribution in [0, 0.1) is 6.92 Å². The van der Waals surface area contributed by atoms with Crippen LogP contribution < -0.4 is 10.6 Å². The number of carbonyl (C=O) groups excluding carboxylic acids is 1. The van der Waals surface area contributed by atoms with Crippen molar-refractivity contribution in [2.45, 2.75) is 26.2 Å². The highest BCUT2D eigenvalue weighted by atomic mass is 16.2. The fourth-order valence-electron chi connectivity index (χ4n) is 2.93. The van der Waals surface area contributed by atoms with Crippen LogP contribution in [0.4, 0.5) is 11.4 Å². The normalized spacial score (nSPS) is 14.4. The molecule has 3 rings (SSSR count). The molecule has 3 nitrogen and oxygen atoms in total. The minimum atomic E-state index is 0.0501.